The lowest BCUT2D eigenvalue weighted by Crippen LogP contribution is -2.43. The zero-order valence-electron chi connectivity index (χ0n) is 16.0. The molecular weight excluding hydrogens is 352 g/mol. The average molecular weight is 378 g/mol. The molecular formula is C22H26N4O2. The summed E-state index contributed by atoms with van der Waals surface area (Å²) in [5.74, 6) is 0.828. The van der Waals surface area contributed by atoms with Crippen LogP contribution in [0.3, 0.4) is 0 Å². The fraction of sp³-hybridized carbons (Fsp3) is 0.455. The van der Waals surface area contributed by atoms with Crippen LogP contribution in [-0.2, 0) is 11.3 Å². The first-order valence-electron chi connectivity index (χ1n) is 10.1. The minimum atomic E-state index is -0.0784. The van der Waals surface area contributed by atoms with E-state index in [0.29, 0.717) is 18.4 Å². The van der Waals surface area contributed by atoms with E-state index >= 15 is 0 Å². The van der Waals surface area contributed by atoms with Crippen molar-refractivity contribution in [3.8, 4) is 11.3 Å². The van der Waals surface area contributed by atoms with Crippen LogP contribution in [0.1, 0.15) is 32.1 Å². The molecule has 6 nitrogen and oxygen atoms in total. The number of pyridine rings is 1. The quantitative estimate of drug-likeness (QED) is 0.767. The van der Waals surface area contributed by atoms with E-state index in [9.17, 15) is 9.59 Å². The first kappa shape index (κ1) is 18.6. The molecule has 2 aliphatic rings. The average Bonchev–Trinajstić information content (AvgIpc) is 2.76. The Kier molecular flexibility index (Phi) is 5.65. The molecule has 1 unspecified atom stereocenters. The molecule has 6 heteroatoms. The van der Waals surface area contributed by atoms with Crippen LogP contribution < -0.4 is 5.56 Å². The number of allylic oxidation sites excluding steroid dienone is 2. The van der Waals surface area contributed by atoms with E-state index < -0.39 is 0 Å². The van der Waals surface area contributed by atoms with E-state index in [1.54, 1.807) is 29.2 Å². The molecule has 4 rings (SSSR count). The minimum absolute atomic E-state index is 0.0784. The van der Waals surface area contributed by atoms with Gasteiger partial charge >= 0.3 is 0 Å². The lowest BCUT2D eigenvalue weighted by Gasteiger charge is -2.34. The molecule has 2 aromatic rings. The van der Waals surface area contributed by atoms with Gasteiger partial charge in [0.15, 0.2) is 0 Å². The Morgan fingerprint density at radius 3 is 2.54 bits per heavy atom. The third-order valence-electron chi connectivity index (χ3n) is 5.82. The van der Waals surface area contributed by atoms with Crippen LogP contribution in [0.5, 0.6) is 0 Å². The van der Waals surface area contributed by atoms with Gasteiger partial charge in [-0.05, 0) is 56.2 Å². The second kappa shape index (κ2) is 8.50. The van der Waals surface area contributed by atoms with E-state index in [2.05, 4.69) is 22.2 Å². The second-order valence-electron chi connectivity index (χ2n) is 7.72. The van der Waals surface area contributed by atoms with Crippen molar-refractivity contribution in [1.29, 1.82) is 0 Å². The Hall–Kier alpha value is -2.76. The molecule has 0 spiro atoms. The standard InChI is InChI=1S/C22H26N4O2/c27-21-7-6-20(18-8-12-23-13-9-18)24-26(21)16-17-10-14-25(15-11-17)22(28)19-4-2-1-3-5-19/h1-2,6-9,12-13,17,19H,3-5,10-11,14-16H2. The third kappa shape index (κ3) is 4.21. The lowest BCUT2D eigenvalue weighted by molar-refractivity contribution is -0.137. The van der Waals surface area contributed by atoms with Gasteiger partial charge in [-0.2, -0.15) is 5.10 Å². The molecule has 28 heavy (non-hydrogen) atoms. The van der Waals surface area contributed by atoms with Crippen LogP contribution in [0.25, 0.3) is 11.3 Å². The van der Waals surface area contributed by atoms with Gasteiger partial charge in [0.1, 0.15) is 0 Å². The molecule has 0 aromatic carbocycles. The fourth-order valence-electron chi connectivity index (χ4n) is 4.11. The molecule has 0 bridgehead atoms. The number of likely N-dealkylation sites (tertiary alicyclic amines) is 1. The number of carbonyl (C=O) groups is 1. The number of hydrogen-bond donors (Lipinski definition) is 0. The van der Waals surface area contributed by atoms with E-state index in [1.807, 2.05) is 17.0 Å². The van der Waals surface area contributed by atoms with Crippen molar-refractivity contribution >= 4 is 5.91 Å². The molecule has 1 atom stereocenters. The molecule has 1 aliphatic carbocycles. The van der Waals surface area contributed by atoms with Crippen LogP contribution in [0.15, 0.2) is 53.6 Å². The maximum absolute atomic E-state index is 12.7. The molecule has 1 fully saturated rings. The highest BCUT2D eigenvalue weighted by Crippen LogP contribution is 2.25. The molecule has 0 saturated carbocycles. The largest absolute Gasteiger partial charge is 0.342 e. The van der Waals surface area contributed by atoms with Crippen LogP contribution >= 0.6 is 0 Å². The Morgan fingerprint density at radius 1 is 1.04 bits per heavy atom. The lowest BCUT2D eigenvalue weighted by atomic mass is 9.91. The van der Waals surface area contributed by atoms with Crippen molar-refractivity contribution in [2.75, 3.05) is 13.1 Å². The number of piperidine rings is 1. The summed E-state index contributed by atoms with van der Waals surface area (Å²) in [6, 6.07) is 7.12. The highest BCUT2D eigenvalue weighted by molar-refractivity contribution is 5.79. The van der Waals surface area contributed by atoms with Gasteiger partial charge in [0.25, 0.3) is 5.56 Å². The van der Waals surface area contributed by atoms with E-state index in [0.717, 1.165) is 56.5 Å². The fourth-order valence-corrected chi connectivity index (χ4v) is 4.11. The summed E-state index contributed by atoms with van der Waals surface area (Å²) < 4.78 is 1.57. The Bertz CT molecular complexity index is 898. The molecule has 2 aromatic heterocycles. The summed E-state index contributed by atoms with van der Waals surface area (Å²) in [6.07, 6.45) is 12.4. The Morgan fingerprint density at radius 2 is 1.82 bits per heavy atom. The number of hydrogen-bond acceptors (Lipinski definition) is 4. The predicted molar refractivity (Wildman–Crippen MR) is 108 cm³/mol. The number of aromatic nitrogens is 3. The summed E-state index contributed by atoms with van der Waals surface area (Å²) in [7, 11) is 0. The van der Waals surface area contributed by atoms with Crippen LogP contribution in [0, 0.1) is 11.8 Å². The van der Waals surface area contributed by atoms with Gasteiger partial charge in [-0.1, -0.05) is 12.2 Å². The van der Waals surface area contributed by atoms with Crippen molar-refractivity contribution in [3.63, 3.8) is 0 Å². The summed E-state index contributed by atoms with van der Waals surface area (Å²) in [5, 5.41) is 4.55. The Balaban J connectivity index is 1.38. The number of rotatable bonds is 4. The van der Waals surface area contributed by atoms with Gasteiger partial charge in [0.05, 0.1) is 5.69 Å². The van der Waals surface area contributed by atoms with Gasteiger partial charge in [0.2, 0.25) is 5.91 Å². The first-order valence-corrected chi connectivity index (χ1v) is 10.1. The molecule has 1 aliphatic heterocycles. The van der Waals surface area contributed by atoms with E-state index in [1.165, 1.54) is 0 Å². The molecule has 0 radical (unpaired) electrons. The summed E-state index contributed by atoms with van der Waals surface area (Å²) in [6.45, 7) is 2.16. The molecule has 146 valence electrons. The molecule has 1 saturated heterocycles. The Labute approximate surface area is 164 Å². The number of amides is 1. The van der Waals surface area contributed by atoms with Crippen molar-refractivity contribution in [2.45, 2.75) is 38.6 Å². The SMILES string of the molecule is O=C(C1CC=CCC1)N1CCC(Cn2nc(-c3ccncc3)ccc2=O)CC1. The van der Waals surface area contributed by atoms with Crippen LogP contribution in [0.4, 0.5) is 0 Å². The normalized spacial score (nSPS) is 20.3. The molecule has 0 N–H and O–H groups in total. The number of carbonyl (C=O) groups excluding carboxylic acids is 1. The maximum Gasteiger partial charge on any atom is 0.266 e. The highest BCUT2D eigenvalue weighted by Gasteiger charge is 2.28. The van der Waals surface area contributed by atoms with Crippen molar-refractivity contribution in [3.05, 3.63) is 59.2 Å². The van der Waals surface area contributed by atoms with Crippen molar-refractivity contribution in [1.82, 2.24) is 19.7 Å². The van der Waals surface area contributed by atoms with Gasteiger partial charge in [-0.3, -0.25) is 14.6 Å². The second-order valence-corrected chi connectivity index (χ2v) is 7.72. The highest BCUT2D eigenvalue weighted by atomic mass is 16.2. The zero-order chi connectivity index (χ0) is 19.3. The zero-order valence-corrected chi connectivity index (χ0v) is 16.0. The molecule has 1 amide bonds. The number of nitrogens with zero attached hydrogens (tertiary/aromatic N) is 4. The topological polar surface area (TPSA) is 68.1 Å². The van der Waals surface area contributed by atoms with Crippen LogP contribution in [-0.4, -0.2) is 38.7 Å². The third-order valence-corrected chi connectivity index (χ3v) is 5.82. The summed E-state index contributed by atoms with van der Waals surface area (Å²) >= 11 is 0. The monoisotopic (exact) mass is 378 g/mol. The van der Waals surface area contributed by atoms with E-state index in [-0.39, 0.29) is 11.5 Å². The first-order chi connectivity index (χ1) is 13.7. The van der Waals surface area contributed by atoms with Gasteiger partial charge in [0, 0.05) is 49.6 Å². The van der Waals surface area contributed by atoms with Gasteiger partial charge < -0.3 is 4.90 Å². The van der Waals surface area contributed by atoms with Crippen LogP contribution in [0.2, 0.25) is 0 Å². The van der Waals surface area contributed by atoms with Gasteiger partial charge in [-0.25, -0.2) is 4.68 Å². The summed E-state index contributed by atoms with van der Waals surface area (Å²) in [4.78, 5) is 31.0. The van der Waals surface area contributed by atoms with Crippen molar-refractivity contribution in [2.24, 2.45) is 11.8 Å². The predicted octanol–water partition coefficient (Wildman–Crippen LogP) is 2.90. The smallest absolute Gasteiger partial charge is 0.266 e. The molecule has 3 heterocycles. The maximum atomic E-state index is 12.7. The minimum Gasteiger partial charge on any atom is -0.342 e. The van der Waals surface area contributed by atoms with E-state index in [4.69, 9.17) is 0 Å². The summed E-state index contributed by atoms with van der Waals surface area (Å²) in [5.41, 5.74) is 1.65. The van der Waals surface area contributed by atoms with Gasteiger partial charge in [-0.15, -0.1) is 0 Å². The van der Waals surface area contributed by atoms with Crippen molar-refractivity contribution < 1.29 is 4.79 Å².